The molecular weight excluding hydrogens is 386 g/mol. The van der Waals surface area contributed by atoms with Gasteiger partial charge in [-0.15, -0.1) is 0 Å². The van der Waals surface area contributed by atoms with Crippen LogP contribution in [0.15, 0.2) is 48.7 Å². The molecule has 0 saturated carbocycles. The van der Waals surface area contributed by atoms with Crippen LogP contribution < -0.4 is 5.32 Å². The van der Waals surface area contributed by atoms with E-state index in [1.54, 1.807) is 6.92 Å². The van der Waals surface area contributed by atoms with Gasteiger partial charge in [0.2, 0.25) is 0 Å². The van der Waals surface area contributed by atoms with Gasteiger partial charge in [-0.3, -0.25) is 4.79 Å². The zero-order chi connectivity index (χ0) is 19.8. The SMILES string of the molecule is Cc1ccc(F)cc1NC(=O)c1cnn(-c2ccc(Cl)cc2)c1C(F)(F)F. The first-order valence-electron chi connectivity index (χ1n) is 7.65. The molecule has 27 heavy (non-hydrogen) atoms. The summed E-state index contributed by atoms with van der Waals surface area (Å²) in [6.07, 6.45) is -4.03. The lowest BCUT2D eigenvalue weighted by Gasteiger charge is -2.13. The monoisotopic (exact) mass is 397 g/mol. The van der Waals surface area contributed by atoms with Crippen LogP contribution in [0.5, 0.6) is 0 Å². The number of aryl methyl sites for hydroxylation is 1. The Labute approximate surface area is 156 Å². The van der Waals surface area contributed by atoms with Crippen LogP contribution in [-0.4, -0.2) is 15.7 Å². The zero-order valence-corrected chi connectivity index (χ0v) is 14.6. The Morgan fingerprint density at radius 3 is 2.44 bits per heavy atom. The molecule has 0 bridgehead atoms. The molecule has 9 heteroatoms. The number of nitrogens with one attached hydrogen (secondary N) is 1. The van der Waals surface area contributed by atoms with E-state index >= 15 is 0 Å². The summed E-state index contributed by atoms with van der Waals surface area (Å²) in [6.45, 7) is 1.59. The number of nitrogens with zero attached hydrogens (tertiary/aromatic N) is 2. The van der Waals surface area contributed by atoms with E-state index in [1.165, 1.54) is 36.4 Å². The minimum atomic E-state index is -4.85. The van der Waals surface area contributed by atoms with Crippen LogP contribution in [0, 0.1) is 12.7 Å². The Morgan fingerprint density at radius 2 is 1.81 bits per heavy atom. The summed E-state index contributed by atoms with van der Waals surface area (Å²) < 4.78 is 54.9. The van der Waals surface area contributed by atoms with Gasteiger partial charge < -0.3 is 5.32 Å². The Balaban J connectivity index is 2.04. The summed E-state index contributed by atoms with van der Waals surface area (Å²) in [7, 11) is 0. The number of halogens is 5. The van der Waals surface area contributed by atoms with Crippen molar-refractivity contribution in [2.45, 2.75) is 13.1 Å². The van der Waals surface area contributed by atoms with Crippen molar-refractivity contribution in [1.29, 1.82) is 0 Å². The summed E-state index contributed by atoms with van der Waals surface area (Å²) in [5.41, 5.74) is -1.25. The highest BCUT2D eigenvalue weighted by Crippen LogP contribution is 2.34. The lowest BCUT2D eigenvalue weighted by molar-refractivity contribution is -0.143. The van der Waals surface area contributed by atoms with Crippen LogP contribution in [0.1, 0.15) is 21.6 Å². The van der Waals surface area contributed by atoms with Crippen molar-refractivity contribution in [2.24, 2.45) is 0 Å². The predicted octanol–water partition coefficient (Wildman–Crippen LogP) is 5.24. The Morgan fingerprint density at radius 1 is 1.15 bits per heavy atom. The Kier molecular flexibility index (Phi) is 4.93. The molecule has 0 unspecified atom stereocenters. The largest absolute Gasteiger partial charge is 0.434 e. The average molecular weight is 398 g/mol. The summed E-state index contributed by atoms with van der Waals surface area (Å²) in [4.78, 5) is 12.4. The Hall–Kier alpha value is -2.87. The van der Waals surface area contributed by atoms with Crippen molar-refractivity contribution in [3.05, 3.63) is 76.3 Å². The first kappa shape index (κ1) is 18.9. The molecule has 0 aliphatic rings. The molecule has 4 nitrogen and oxygen atoms in total. The van der Waals surface area contributed by atoms with Gasteiger partial charge in [0.05, 0.1) is 17.4 Å². The molecule has 0 fully saturated rings. The first-order valence-corrected chi connectivity index (χ1v) is 8.03. The molecule has 2 aromatic carbocycles. The van der Waals surface area contributed by atoms with E-state index in [2.05, 4.69) is 10.4 Å². The average Bonchev–Trinajstić information content (AvgIpc) is 3.04. The van der Waals surface area contributed by atoms with Gasteiger partial charge in [-0.05, 0) is 48.9 Å². The van der Waals surface area contributed by atoms with E-state index in [4.69, 9.17) is 11.6 Å². The minimum Gasteiger partial charge on any atom is -0.322 e. The van der Waals surface area contributed by atoms with Crippen molar-refractivity contribution in [3.8, 4) is 5.69 Å². The normalized spacial score (nSPS) is 11.5. The standard InChI is InChI=1S/C18H12ClF4N3O/c1-10-2-5-12(20)8-15(10)25-17(27)14-9-24-26(16(14)18(21,22)23)13-6-3-11(19)4-7-13/h2-9H,1H3,(H,25,27). The maximum atomic E-state index is 13.6. The highest BCUT2D eigenvalue weighted by molar-refractivity contribution is 6.30. The molecule has 0 saturated heterocycles. The molecule has 0 aliphatic heterocycles. The molecule has 0 radical (unpaired) electrons. The Bertz CT molecular complexity index is 997. The fourth-order valence-electron chi connectivity index (χ4n) is 2.48. The van der Waals surface area contributed by atoms with Gasteiger partial charge >= 0.3 is 6.18 Å². The lowest BCUT2D eigenvalue weighted by Crippen LogP contribution is -2.21. The fourth-order valence-corrected chi connectivity index (χ4v) is 2.61. The van der Waals surface area contributed by atoms with Crippen molar-refractivity contribution < 1.29 is 22.4 Å². The second-order valence-electron chi connectivity index (χ2n) is 5.71. The van der Waals surface area contributed by atoms with Gasteiger partial charge in [0.1, 0.15) is 5.82 Å². The van der Waals surface area contributed by atoms with Gasteiger partial charge in [0, 0.05) is 10.7 Å². The van der Waals surface area contributed by atoms with Crippen molar-refractivity contribution >= 4 is 23.2 Å². The quantitative estimate of drug-likeness (QED) is 0.614. The number of carbonyl (C=O) groups excluding carboxylic acids is 1. The van der Waals surface area contributed by atoms with Gasteiger partial charge in [-0.1, -0.05) is 17.7 Å². The van der Waals surface area contributed by atoms with E-state index in [-0.39, 0.29) is 11.4 Å². The van der Waals surface area contributed by atoms with Gasteiger partial charge in [-0.25, -0.2) is 9.07 Å². The van der Waals surface area contributed by atoms with Crippen LogP contribution in [0.3, 0.4) is 0 Å². The van der Waals surface area contributed by atoms with Gasteiger partial charge in [0.15, 0.2) is 5.69 Å². The molecule has 140 valence electrons. The van der Waals surface area contributed by atoms with Crippen LogP contribution in [0.25, 0.3) is 5.69 Å². The van der Waals surface area contributed by atoms with Gasteiger partial charge in [0.25, 0.3) is 5.91 Å². The summed E-state index contributed by atoms with van der Waals surface area (Å²) in [5, 5.41) is 6.35. The number of anilines is 1. The number of carbonyl (C=O) groups is 1. The smallest absolute Gasteiger partial charge is 0.322 e. The molecule has 0 aliphatic carbocycles. The van der Waals surface area contributed by atoms with Crippen LogP contribution in [-0.2, 0) is 6.18 Å². The van der Waals surface area contributed by atoms with Crippen LogP contribution in [0.2, 0.25) is 5.02 Å². The maximum absolute atomic E-state index is 13.6. The zero-order valence-electron chi connectivity index (χ0n) is 13.8. The summed E-state index contributed by atoms with van der Waals surface area (Å²) >= 11 is 5.76. The number of benzene rings is 2. The van der Waals surface area contributed by atoms with E-state index in [0.717, 1.165) is 12.3 Å². The molecule has 1 aromatic heterocycles. The van der Waals surface area contributed by atoms with E-state index in [1.807, 2.05) is 0 Å². The third-order valence-electron chi connectivity index (χ3n) is 3.80. The second-order valence-corrected chi connectivity index (χ2v) is 6.14. The topological polar surface area (TPSA) is 46.9 Å². The molecule has 0 spiro atoms. The van der Waals surface area contributed by atoms with Crippen LogP contribution in [0.4, 0.5) is 23.2 Å². The summed E-state index contributed by atoms with van der Waals surface area (Å²) in [6, 6.07) is 9.15. The molecule has 3 rings (SSSR count). The first-order chi connectivity index (χ1) is 12.7. The lowest BCUT2D eigenvalue weighted by atomic mass is 10.1. The van der Waals surface area contributed by atoms with Crippen molar-refractivity contribution in [2.75, 3.05) is 5.32 Å². The molecular formula is C18H12ClF4N3O. The number of alkyl halides is 3. The highest BCUT2D eigenvalue weighted by atomic mass is 35.5. The van der Waals surface area contributed by atoms with E-state index in [9.17, 15) is 22.4 Å². The summed E-state index contributed by atoms with van der Waals surface area (Å²) in [5.74, 6) is -1.67. The molecule has 0 atom stereocenters. The van der Waals surface area contributed by atoms with Gasteiger partial charge in [-0.2, -0.15) is 18.3 Å². The molecule has 1 N–H and O–H groups in total. The maximum Gasteiger partial charge on any atom is 0.434 e. The fraction of sp³-hybridized carbons (Fsp3) is 0.111. The number of hydrogen-bond donors (Lipinski definition) is 1. The number of aromatic nitrogens is 2. The number of rotatable bonds is 3. The van der Waals surface area contributed by atoms with Crippen molar-refractivity contribution in [3.63, 3.8) is 0 Å². The second kappa shape index (κ2) is 7.03. The predicted molar refractivity (Wildman–Crippen MR) is 92.7 cm³/mol. The third kappa shape index (κ3) is 3.95. The molecule has 3 aromatic rings. The number of hydrogen-bond acceptors (Lipinski definition) is 2. The molecule has 1 amide bonds. The molecule has 1 heterocycles. The third-order valence-corrected chi connectivity index (χ3v) is 4.05. The van der Waals surface area contributed by atoms with E-state index < -0.39 is 29.2 Å². The van der Waals surface area contributed by atoms with E-state index in [0.29, 0.717) is 15.3 Å². The van der Waals surface area contributed by atoms with Crippen molar-refractivity contribution in [1.82, 2.24) is 9.78 Å². The van der Waals surface area contributed by atoms with Crippen LogP contribution >= 0.6 is 11.6 Å². The highest BCUT2D eigenvalue weighted by Gasteiger charge is 2.40. The number of amides is 1. The minimum absolute atomic E-state index is 0.0763.